The number of fused-ring (bicyclic) bond motifs is 1. The fourth-order valence-corrected chi connectivity index (χ4v) is 3.94. The van der Waals surface area contributed by atoms with E-state index in [1.54, 1.807) is 6.92 Å². The summed E-state index contributed by atoms with van der Waals surface area (Å²) >= 11 is 1.20. The van der Waals surface area contributed by atoms with Gasteiger partial charge in [-0.05, 0) is 36.8 Å². The van der Waals surface area contributed by atoms with Crippen LogP contribution in [0.15, 0.2) is 40.0 Å². The van der Waals surface area contributed by atoms with E-state index in [0.717, 1.165) is 23.6 Å². The van der Waals surface area contributed by atoms with Crippen LogP contribution in [0, 0.1) is 5.92 Å². The smallest absolute Gasteiger partial charge is 0.406 e. The molecule has 1 aliphatic heterocycles. The van der Waals surface area contributed by atoms with Crippen molar-refractivity contribution in [3.05, 3.63) is 52.2 Å². The van der Waals surface area contributed by atoms with Crippen LogP contribution in [0.3, 0.4) is 0 Å². The summed E-state index contributed by atoms with van der Waals surface area (Å²) in [5.41, 5.74) is 0.546. The molecule has 0 bridgehead atoms. The first-order chi connectivity index (χ1) is 13.9. The predicted octanol–water partition coefficient (Wildman–Crippen LogP) is 5.38. The van der Waals surface area contributed by atoms with Gasteiger partial charge in [0.1, 0.15) is 11.6 Å². The highest BCUT2D eigenvalue weighted by Crippen LogP contribution is 2.33. The van der Waals surface area contributed by atoms with Gasteiger partial charge >= 0.3 is 12.5 Å². The Hall–Kier alpha value is -2.43. The SMILES string of the molecule is CC1=CCSc2c1nc(CC(C)C(F)(F)F)n(-c1ccc(OC(F)(F)F)cc1)c2=O. The molecule has 0 N–H and O–H groups in total. The Labute approximate surface area is 171 Å². The number of alkyl halides is 6. The van der Waals surface area contributed by atoms with E-state index in [9.17, 15) is 31.1 Å². The molecule has 0 amide bonds. The van der Waals surface area contributed by atoms with Crippen molar-refractivity contribution in [2.24, 2.45) is 5.92 Å². The maximum Gasteiger partial charge on any atom is 0.573 e. The number of halogens is 6. The van der Waals surface area contributed by atoms with Crippen molar-refractivity contribution < 1.29 is 31.1 Å². The van der Waals surface area contributed by atoms with Crippen molar-refractivity contribution in [3.8, 4) is 11.4 Å². The summed E-state index contributed by atoms with van der Waals surface area (Å²) in [6.45, 7) is 2.70. The lowest BCUT2D eigenvalue weighted by atomic mass is 10.1. The van der Waals surface area contributed by atoms with Crippen LogP contribution in [-0.2, 0) is 6.42 Å². The number of hydrogen-bond acceptors (Lipinski definition) is 4. The molecular formula is C19H16F6N2O2S. The van der Waals surface area contributed by atoms with Crippen LogP contribution in [0.1, 0.15) is 25.4 Å². The Morgan fingerprint density at radius 1 is 1.17 bits per heavy atom. The van der Waals surface area contributed by atoms with Gasteiger partial charge in [0.05, 0.1) is 22.2 Å². The van der Waals surface area contributed by atoms with Gasteiger partial charge in [0.2, 0.25) is 0 Å². The lowest BCUT2D eigenvalue weighted by Gasteiger charge is -2.22. The zero-order valence-corrected chi connectivity index (χ0v) is 16.6. The fourth-order valence-electron chi connectivity index (χ4n) is 2.88. The summed E-state index contributed by atoms with van der Waals surface area (Å²) in [5, 5.41) is 0. The van der Waals surface area contributed by atoms with E-state index in [1.807, 2.05) is 6.08 Å². The van der Waals surface area contributed by atoms with Gasteiger partial charge in [0.15, 0.2) is 0 Å². The summed E-state index contributed by atoms with van der Waals surface area (Å²) in [4.78, 5) is 17.7. The van der Waals surface area contributed by atoms with Crippen molar-refractivity contribution in [1.29, 1.82) is 0 Å². The molecule has 0 spiro atoms. The molecule has 2 heterocycles. The van der Waals surface area contributed by atoms with Gasteiger partial charge in [-0.15, -0.1) is 24.9 Å². The van der Waals surface area contributed by atoms with Crippen molar-refractivity contribution >= 4 is 17.3 Å². The van der Waals surface area contributed by atoms with Crippen LogP contribution >= 0.6 is 11.8 Å². The number of benzene rings is 1. The third-order valence-corrected chi connectivity index (χ3v) is 5.47. The first kappa shape index (κ1) is 22.3. The second-order valence-electron chi connectivity index (χ2n) is 6.73. The molecule has 0 saturated heterocycles. The maximum atomic E-state index is 13.1. The number of thioether (sulfide) groups is 1. The van der Waals surface area contributed by atoms with Gasteiger partial charge in [0, 0.05) is 12.2 Å². The first-order valence-electron chi connectivity index (χ1n) is 8.75. The predicted molar refractivity (Wildman–Crippen MR) is 99.8 cm³/mol. The number of nitrogens with zero attached hydrogens (tertiary/aromatic N) is 2. The molecule has 11 heteroatoms. The molecule has 1 aromatic heterocycles. The van der Waals surface area contributed by atoms with Crippen LogP contribution in [0.4, 0.5) is 26.3 Å². The number of ether oxygens (including phenoxy) is 1. The molecular weight excluding hydrogens is 434 g/mol. The average molecular weight is 450 g/mol. The van der Waals surface area contributed by atoms with E-state index in [1.165, 1.54) is 23.9 Å². The van der Waals surface area contributed by atoms with Gasteiger partial charge in [0.25, 0.3) is 5.56 Å². The highest BCUT2D eigenvalue weighted by molar-refractivity contribution is 7.99. The van der Waals surface area contributed by atoms with E-state index < -0.39 is 36.2 Å². The summed E-state index contributed by atoms with van der Waals surface area (Å²) < 4.78 is 81.4. The summed E-state index contributed by atoms with van der Waals surface area (Å²) in [6, 6.07) is 4.33. The minimum Gasteiger partial charge on any atom is -0.406 e. The molecule has 162 valence electrons. The van der Waals surface area contributed by atoms with Crippen LogP contribution in [0.5, 0.6) is 5.75 Å². The van der Waals surface area contributed by atoms with Crippen molar-refractivity contribution in [2.75, 3.05) is 5.75 Å². The van der Waals surface area contributed by atoms with Crippen LogP contribution in [-0.4, -0.2) is 27.8 Å². The number of aromatic nitrogens is 2. The van der Waals surface area contributed by atoms with Gasteiger partial charge in [-0.3, -0.25) is 9.36 Å². The highest BCUT2D eigenvalue weighted by atomic mass is 32.2. The normalized spacial score (nSPS) is 15.4. The van der Waals surface area contributed by atoms with E-state index >= 15 is 0 Å². The Kier molecular flexibility index (Phi) is 5.94. The molecule has 1 aliphatic rings. The number of rotatable bonds is 4. The lowest BCUT2D eigenvalue weighted by Crippen LogP contribution is -2.31. The Balaban J connectivity index is 2.12. The molecule has 1 aromatic carbocycles. The summed E-state index contributed by atoms with van der Waals surface area (Å²) in [7, 11) is 0. The van der Waals surface area contributed by atoms with Gasteiger partial charge in [-0.1, -0.05) is 13.0 Å². The van der Waals surface area contributed by atoms with Gasteiger partial charge in [-0.25, -0.2) is 4.98 Å². The third kappa shape index (κ3) is 4.82. The quantitative estimate of drug-likeness (QED) is 0.587. The molecule has 0 fully saturated rings. The summed E-state index contributed by atoms with van der Waals surface area (Å²) in [5.74, 6) is -1.90. The van der Waals surface area contributed by atoms with E-state index in [4.69, 9.17) is 0 Å². The van der Waals surface area contributed by atoms with Gasteiger partial charge < -0.3 is 4.74 Å². The van der Waals surface area contributed by atoms with E-state index in [0.29, 0.717) is 17.0 Å². The topological polar surface area (TPSA) is 44.1 Å². The molecule has 0 radical (unpaired) electrons. The van der Waals surface area contributed by atoms with E-state index in [2.05, 4.69) is 9.72 Å². The van der Waals surface area contributed by atoms with Crippen LogP contribution in [0.25, 0.3) is 11.3 Å². The standard InChI is InChI=1S/C19H16F6N2O2S/c1-10-7-8-30-16-15(10)26-14(9-11(2)18(20,21)22)27(17(16)28)12-3-5-13(6-4-12)29-19(23,24)25/h3-7,11H,8-9H2,1-2H3. The van der Waals surface area contributed by atoms with Crippen LogP contribution in [0.2, 0.25) is 0 Å². The Bertz CT molecular complexity index is 1030. The lowest BCUT2D eigenvalue weighted by molar-refractivity contribution is -0.274. The second kappa shape index (κ2) is 8.01. The van der Waals surface area contributed by atoms with E-state index in [-0.39, 0.29) is 16.4 Å². The largest absolute Gasteiger partial charge is 0.573 e. The van der Waals surface area contributed by atoms with Gasteiger partial charge in [-0.2, -0.15) is 13.2 Å². The number of allylic oxidation sites excluding steroid dienone is 1. The first-order valence-corrected chi connectivity index (χ1v) is 9.74. The third-order valence-electron chi connectivity index (χ3n) is 4.48. The molecule has 1 atom stereocenters. The zero-order chi connectivity index (χ0) is 22.3. The Morgan fingerprint density at radius 3 is 2.37 bits per heavy atom. The average Bonchev–Trinajstić information content (AvgIpc) is 2.62. The molecule has 1 unspecified atom stereocenters. The molecule has 2 aromatic rings. The zero-order valence-electron chi connectivity index (χ0n) is 15.8. The minimum absolute atomic E-state index is 0.0991. The van der Waals surface area contributed by atoms with Crippen molar-refractivity contribution in [3.63, 3.8) is 0 Å². The monoisotopic (exact) mass is 450 g/mol. The fraction of sp³-hybridized carbons (Fsp3) is 0.368. The van der Waals surface area contributed by atoms with Crippen LogP contribution < -0.4 is 10.3 Å². The number of hydrogen-bond donors (Lipinski definition) is 0. The molecule has 30 heavy (non-hydrogen) atoms. The molecule has 3 rings (SSSR count). The maximum absolute atomic E-state index is 13.1. The van der Waals surface area contributed by atoms with Crippen molar-refractivity contribution in [1.82, 2.24) is 9.55 Å². The van der Waals surface area contributed by atoms with Crippen molar-refractivity contribution in [2.45, 2.75) is 37.7 Å². The molecule has 4 nitrogen and oxygen atoms in total. The Morgan fingerprint density at radius 2 is 1.80 bits per heavy atom. The summed E-state index contributed by atoms with van der Waals surface area (Å²) in [6.07, 6.45) is -8.13. The molecule has 0 aliphatic carbocycles. The minimum atomic E-state index is -4.89. The molecule has 0 saturated carbocycles. The highest BCUT2D eigenvalue weighted by Gasteiger charge is 2.37. The second-order valence-corrected chi connectivity index (χ2v) is 7.76.